The molecule has 3 rings (SSSR count). The van der Waals surface area contributed by atoms with Crippen LogP contribution in [-0.4, -0.2) is 47.0 Å². The molecule has 2 saturated heterocycles. The minimum Gasteiger partial charge on any atom is -0.462 e. The van der Waals surface area contributed by atoms with E-state index in [2.05, 4.69) is 14.6 Å². The lowest BCUT2D eigenvalue weighted by Gasteiger charge is -2.35. The van der Waals surface area contributed by atoms with Gasteiger partial charge in [-0.05, 0) is 57.6 Å². The number of ether oxygens (including phenoxy) is 1. The molecule has 2 aliphatic rings. The van der Waals surface area contributed by atoms with Crippen molar-refractivity contribution in [1.82, 2.24) is 9.27 Å². The van der Waals surface area contributed by atoms with Crippen LogP contribution in [0.2, 0.25) is 0 Å². The van der Waals surface area contributed by atoms with Gasteiger partial charge in [-0.15, -0.1) is 0 Å². The zero-order valence-corrected chi connectivity index (χ0v) is 13.5. The monoisotopic (exact) mass is 309 g/mol. The van der Waals surface area contributed by atoms with Gasteiger partial charge in [-0.1, -0.05) is 0 Å². The number of hydrogen-bond acceptors (Lipinski definition) is 6. The second-order valence-electron chi connectivity index (χ2n) is 5.89. The highest BCUT2D eigenvalue weighted by atomic mass is 32.1. The third kappa shape index (κ3) is 3.06. The largest absolute Gasteiger partial charge is 0.462 e. The second kappa shape index (κ2) is 6.32. The van der Waals surface area contributed by atoms with Gasteiger partial charge in [-0.2, -0.15) is 4.37 Å². The molecule has 0 saturated carbocycles. The Bertz CT molecular complexity index is 517. The number of carbonyl (C=O) groups is 1. The van der Waals surface area contributed by atoms with Crippen LogP contribution < -0.4 is 5.32 Å². The Kier molecular flexibility index (Phi) is 4.45. The third-order valence-corrected chi connectivity index (χ3v) is 5.37. The topological polar surface area (TPSA) is 54.5 Å². The van der Waals surface area contributed by atoms with E-state index in [1.54, 1.807) is 0 Å². The Balaban J connectivity index is 1.69. The van der Waals surface area contributed by atoms with E-state index in [0.717, 1.165) is 29.7 Å². The zero-order valence-electron chi connectivity index (χ0n) is 12.7. The van der Waals surface area contributed by atoms with Crippen molar-refractivity contribution in [2.45, 2.75) is 51.6 Å². The van der Waals surface area contributed by atoms with Gasteiger partial charge in [-0.25, -0.2) is 4.79 Å². The van der Waals surface area contributed by atoms with Crippen LogP contribution in [0.1, 0.15) is 48.7 Å². The fourth-order valence-corrected chi connectivity index (χ4v) is 4.31. The maximum absolute atomic E-state index is 12.1. The number of nitrogens with zero attached hydrogens (tertiary/aromatic N) is 2. The average Bonchev–Trinajstić information content (AvgIpc) is 3.05. The average molecular weight is 309 g/mol. The number of aryl methyl sites for hydroxylation is 1. The number of aromatic nitrogens is 1. The molecule has 2 fully saturated rings. The van der Waals surface area contributed by atoms with Crippen LogP contribution in [0, 0.1) is 6.92 Å². The van der Waals surface area contributed by atoms with Crippen molar-refractivity contribution in [2.75, 3.05) is 25.0 Å². The number of esters is 1. The molecule has 2 aliphatic heterocycles. The second-order valence-corrected chi connectivity index (χ2v) is 6.66. The summed E-state index contributed by atoms with van der Waals surface area (Å²) in [7, 11) is 0. The van der Waals surface area contributed by atoms with Gasteiger partial charge in [0.2, 0.25) is 0 Å². The van der Waals surface area contributed by atoms with Crippen molar-refractivity contribution in [3.63, 3.8) is 0 Å². The first-order valence-electron chi connectivity index (χ1n) is 7.83. The van der Waals surface area contributed by atoms with Crippen LogP contribution in [-0.2, 0) is 4.74 Å². The highest BCUT2D eigenvalue weighted by Gasteiger charge is 2.32. The number of carbonyl (C=O) groups excluding carboxylic acids is 1. The predicted octanol–water partition coefficient (Wildman–Crippen LogP) is 2.67. The SMILES string of the molecule is CCOC(=O)c1c(C)nsc1NC1CCN2CCCC2C1. The third-order valence-electron chi connectivity index (χ3n) is 4.50. The summed E-state index contributed by atoms with van der Waals surface area (Å²) in [5, 5.41) is 4.43. The zero-order chi connectivity index (χ0) is 14.8. The summed E-state index contributed by atoms with van der Waals surface area (Å²) in [6.07, 6.45) is 4.94. The smallest absolute Gasteiger partial charge is 0.343 e. The number of rotatable bonds is 4. The molecular weight excluding hydrogens is 286 g/mol. The quantitative estimate of drug-likeness (QED) is 0.867. The maximum atomic E-state index is 12.1. The van der Waals surface area contributed by atoms with E-state index in [4.69, 9.17) is 4.74 Å². The Labute approximate surface area is 129 Å². The Morgan fingerprint density at radius 1 is 1.48 bits per heavy atom. The molecule has 3 heterocycles. The van der Waals surface area contributed by atoms with Gasteiger partial charge < -0.3 is 15.0 Å². The number of piperidine rings is 1. The van der Waals surface area contributed by atoms with E-state index in [-0.39, 0.29) is 5.97 Å². The molecule has 1 aromatic heterocycles. The molecule has 6 heteroatoms. The summed E-state index contributed by atoms with van der Waals surface area (Å²) in [5.41, 5.74) is 1.38. The minimum atomic E-state index is -0.260. The molecule has 2 unspecified atom stereocenters. The lowest BCUT2D eigenvalue weighted by atomic mass is 9.97. The first-order valence-corrected chi connectivity index (χ1v) is 8.60. The van der Waals surface area contributed by atoms with E-state index in [1.807, 2.05) is 13.8 Å². The normalized spacial score (nSPS) is 25.6. The molecule has 21 heavy (non-hydrogen) atoms. The van der Waals surface area contributed by atoms with Gasteiger partial charge in [0, 0.05) is 18.6 Å². The van der Waals surface area contributed by atoms with Crippen LogP contribution in [0.3, 0.4) is 0 Å². The summed E-state index contributed by atoms with van der Waals surface area (Å²) in [5.74, 6) is -0.260. The van der Waals surface area contributed by atoms with Crippen LogP contribution >= 0.6 is 11.5 Å². The summed E-state index contributed by atoms with van der Waals surface area (Å²) in [6.45, 7) is 6.51. The van der Waals surface area contributed by atoms with Gasteiger partial charge in [-0.3, -0.25) is 0 Å². The van der Waals surface area contributed by atoms with Gasteiger partial charge in [0.1, 0.15) is 10.6 Å². The predicted molar refractivity (Wildman–Crippen MR) is 84.0 cm³/mol. The van der Waals surface area contributed by atoms with E-state index < -0.39 is 0 Å². The van der Waals surface area contributed by atoms with Crippen LogP contribution in [0.15, 0.2) is 0 Å². The molecule has 116 valence electrons. The Morgan fingerprint density at radius 3 is 3.14 bits per heavy atom. The first kappa shape index (κ1) is 14.8. The summed E-state index contributed by atoms with van der Waals surface area (Å²) >= 11 is 1.37. The molecule has 1 N–H and O–H groups in total. The molecule has 0 radical (unpaired) electrons. The molecule has 0 bridgehead atoms. The number of anilines is 1. The molecule has 0 amide bonds. The van der Waals surface area contributed by atoms with Gasteiger partial charge in [0.05, 0.1) is 12.3 Å². The Morgan fingerprint density at radius 2 is 2.33 bits per heavy atom. The summed E-state index contributed by atoms with van der Waals surface area (Å²) in [4.78, 5) is 14.7. The van der Waals surface area contributed by atoms with Gasteiger partial charge >= 0.3 is 5.97 Å². The molecule has 5 nitrogen and oxygen atoms in total. The fourth-order valence-electron chi connectivity index (χ4n) is 3.45. The van der Waals surface area contributed by atoms with Crippen LogP contribution in [0.5, 0.6) is 0 Å². The van der Waals surface area contributed by atoms with Crippen LogP contribution in [0.25, 0.3) is 0 Å². The van der Waals surface area contributed by atoms with E-state index in [9.17, 15) is 4.79 Å². The number of fused-ring (bicyclic) bond motifs is 1. The van der Waals surface area contributed by atoms with Crippen molar-refractivity contribution < 1.29 is 9.53 Å². The fraction of sp³-hybridized carbons (Fsp3) is 0.733. The Hall–Kier alpha value is -1.14. The molecule has 0 aromatic carbocycles. The minimum absolute atomic E-state index is 0.260. The van der Waals surface area contributed by atoms with Crippen LogP contribution in [0.4, 0.5) is 5.00 Å². The van der Waals surface area contributed by atoms with Crippen molar-refractivity contribution in [2.24, 2.45) is 0 Å². The maximum Gasteiger partial charge on any atom is 0.343 e. The molecule has 2 atom stereocenters. The van der Waals surface area contributed by atoms with Crippen molar-refractivity contribution in [1.29, 1.82) is 0 Å². The van der Waals surface area contributed by atoms with E-state index in [1.165, 1.54) is 37.3 Å². The molecule has 0 aliphatic carbocycles. The van der Waals surface area contributed by atoms with Gasteiger partial charge in [0.25, 0.3) is 0 Å². The highest BCUT2D eigenvalue weighted by molar-refractivity contribution is 7.10. The highest BCUT2D eigenvalue weighted by Crippen LogP contribution is 2.31. The number of nitrogens with one attached hydrogen (secondary N) is 1. The lowest BCUT2D eigenvalue weighted by molar-refractivity contribution is 0.0527. The number of hydrogen-bond donors (Lipinski definition) is 1. The molecule has 0 spiro atoms. The van der Waals surface area contributed by atoms with Gasteiger partial charge in [0.15, 0.2) is 0 Å². The molecule has 1 aromatic rings. The lowest BCUT2D eigenvalue weighted by Crippen LogP contribution is -2.42. The van der Waals surface area contributed by atoms with Crippen molar-refractivity contribution >= 4 is 22.5 Å². The standard InChI is InChI=1S/C15H23N3O2S/c1-3-20-15(19)13-10(2)17-21-14(13)16-11-6-8-18-7-4-5-12(18)9-11/h11-12,16H,3-9H2,1-2H3. The molecular formula is C15H23N3O2S. The van der Waals surface area contributed by atoms with E-state index in [0.29, 0.717) is 18.2 Å². The summed E-state index contributed by atoms with van der Waals surface area (Å²) < 4.78 is 9.47. The first-order chi connectivity index (χ1) is 10.2. The van der Waals surface area contributed by atoms with Crippen molar-refractivity contribution in [3.05, 3.63) is 11.3 Å². The van der Waals surface area contributed by atoms with Crippen molar-refractivity contribution in [3.8, 4) is 0 Å². The van der Waals surface area contributed by atoms with E-state index >= 15 is 0 Å². The summed E-state index contributed by atoms with van der Waals surface area (Å²) in [6, 6.07) is 1.16.